The zero-order chi connectivity index (χ0) is 28.0. The molecule has 1 N–H and O–H groups in total. The Morgan fingerprint density at radius 1 is 0.947 bits per heavy atom. The third-order valence-corrected chi connectivity index (χ3v) is 8.79. The highest BCUT2D eigenvalue weighted by Crippen LogP contribution is 2.35. The van der Waals surface area contributed by atoms with E-state index < -0.39 is 28.5 Å². The average molecular weight is 577 g/mol. The molecule has 3 rings (SSSR count). The number of benzene rings is 3. The van der Waals surface area contributed by atoms with Crippen LogP contribution in [0, 0.1) is 13.8 Å². The summed E-state index contributed by atoms with van der Waals surface area (Å²) in [6.07, 6.45) is 0. The summed E-state index contributed by atoms with van der Waals surface area (Å²) in [5.41, 5.74) is 2.73. The molecule has 0 aliphatic heterocycles. The van der Waals surface area contributed by atoms with E-state index in [1.165, 1.54) is 29.2 Å². The Bertz CT molecular complexity index is 1410. The zero-order valence-corrected chi connectivity index (χ0v) is 24.1. The fourth-order valence-corrected chi connectivity index (χ4v) is 5.79. The van der Waals surface area contributed by atoms with Gasteiger partial charge in [-0.3, -0.25) is 13.9 Å². The fourth-order valence-electron chi connectivity index (χ4n) is 3.91. The summed E-state index contributed by atoms with van der Waals surface area (Å²) in [5.74, 6) is -0.915. The van der Waals surface area contributed by atoms with Crippen molar-refractivity contribution in [3.8, 4) is 0 Å². The number of anilines is 1. The molecule has 2 amide bonds. The highest BCUT2D eigenvalue weighted by atomic mass is 35.5. The van der Waals surface area contributed by atoms with Gasteiger partial charge in [-0.25, -0.2) is 8.42 Å². The van der Waals surface area contributed by atoms with Crippen LogP contribution in [0.3, 0.4) is 0 Å². The first kappa shape index (κ1) is 29.5. The Morgan fingerprint density at radius 2 is 1.61 bits per heavy atom. The van der Waals surface area contributed by atoms with E-state index in [1.54, 1.807) is 32.0 Å². The lowest BCUT2D eigenvalue weighted by molar-refractivity contribution is -0.139. The van der Waals surface area contributed by atoms with Crippen molar-refractivity contribution in [1.29, 1.82) is 0 Å². The Hall–Kier alpha value is -3.07. The van der Waals surface area contributed by atoms with Crippen molar-refractivity contribution in [3.63, 3.8) is 0 Å². The van der Waals surface area contributed by atoms with Crippen LogP contribution < -0.4 is 9.62 Å². The molecule has 0 saturated carbocycles. The van der Waals surface area contributed by atoms with Crippen molar-refractivity contribution in [2.45, 2.75) is 45.2 Å². The maximum Gasteiger partial charge on any atom is 0.264 e. The van der Waals surface area contributed by atoms with E-state index in [0.717, 1.165) is 21.0 Å². The molecule has 0 radical (unpaired) electrons. The van der Waals surface area contributed by atoms with Gasteiger partial charge >= 0.3 is 0 Å². The van der Waals surface area contributed by atoms with Gasteiger partial charge in [-0.2, -0.15) is 0 Å². The number of sulfonamides is 1. The van der Waals surface area contributed by atoms with Crippen LogP contribution in [-0.2, 0) is 26.2 Å². The summed E-state index contributed by atoms with van der Waals surface area (Å²) in [7, 11) is -4.23. The minimum atomic E-state index is -4.23. The van der Waals surface area contributed by atoms with Gasteiger partial charge in [-0.1, -0.05) is 71.2 Å². The smallest absolute Gasteiger partial charge is 0.264 e. The number of hydrogen-bond donors (Lipinski definition) is 1. The molecule has 0 aliphatic carbocycles. The maximum absolute atomic E-state index is 13.9. The van der Waals surface area contributed by atoms with E-state index in [4.69, 9.17) is 23.2 Å². The minimum Gasteiger partial charge on any atom is -0.355 e. The van der Waals surface area contributed by atoms with E-state index in [-0.39, 0.29) is 33.1 Å². The summed E-state index contributed by atoms with van der Waals surface area (Å²) >= 11 is 12.7. The van der Waals surface area contributed by atoms with Gasteiger partial charge in [-0.15, -0.1) is 0 Å². The molecule has 1 atom stereocenters. The van der Waals surface area contributed by atoms with Crippen molar-refractivity contribution in [1.82, 2.24) is 10.2 Å². The van der Waals surface area contributed by atoms with Gasteiger partial charge in [0.1, 0.15) is 12.6 Å². The third kappa shape index (κ3) is 6.67. The summed E-state index contributed by atoms with van der Waals surface area (Å²) < 4.78 is 28.7. The molecule has 0 aromatic heterocycles. The number of rotatable bonds is 10. The third-order valence-electron chi connectivity index (χ3n) is 6.21. The predicted molar refractivity (Wildman–Crippen MR) is 152 cm³/mol. The van der Waals surface area contributed by atoms with Crippen LogP contribution in [0.5, 0.6) is 0 Å². The van der Waals surface area contributed by atoms with Crippen LogP contribution >= 0.6 is 23.2 Å². The fraction of sp³-hybridized carbons (Fsp3) is 0.286. The first-order valence-electron chi connectivity index (χ1n) is 12.1. The van der Waals surface area contributed by atoms with Gasteiger partial charge in [-0.05, 0) is 63.1 Å². The van der Waals surface area contributed by atoms with Crippen LogP contribution in [0.25, 0.3) is 0 Å². The number of likely N-dealkylation sites (N-methyl/N-ethyl adjacent to an activating group) is 1. The van der Waals surface area contributed by atoms with Crippen molar-refractivity contribution in [2.75, 3.05) is 17.4 Å². The number of halogens is 2. The standard InChI is InChI=1S/C28H31Cl2N3O4S/c1-5-31-28(35)21(4)32(17-22-10-7-6-9-20(22)3)26(34)18-33(25-12-8-11-24(29)27(25)30)38(36,37)23-15-13-19(2)14-16-23/h6-16,21H,5,17-18H2,1-4H3,(H,31,35)/t21-/m0/s1. The molecule has 0 unspecified atom stereocenters. The average Bonchev–Trinajstić information content (AvgIpc) is 2.88. The SMILES string of the molecule is CCNC(=O)[C@H](C)N(Cc1ccccc1C)C(=O)CN(c1cccc(Cl)c1Cl)S(=O)(=O)c1ccc(C)cc1. The van der Waals surface area contributed by atoms with Gasteiger partial charge in [0.15, 0.2) is 0 Å². The molecule has 0 bridgehead atoms. The zero-order valence-electron chi connectivity index (χ0n) is 21.7. The highest BCUT2D eigenvalue weighted by molar-refractivity contribution is 7.92. The highest BCUT2D eigenvalue weighted by Gasteiger charge is 2.33. The van der Waals surface area contributed by atoms with Crippen molar-refractivity contribution in [3.05, 3.63) is 93.5 Å². The summed E-state index contributed by atoms with van der Waals surface area (Å²) in [4.78, 5) is 28.1. The molecule has 10 heteroatoms. The summed E-state index contributed by atoms with van der Waals surface area (Å²) in [6, 6.07) is 17.5. The van der Waals surface area contributed by atoms with Crippen molar-refractivity contribution in [2.24, 2.45) is 0 Å². The number of aryl methyl sites for hydroxylation is 2. The normalized spacial score (nSPS) is 12.1. The van der Waals surface area contributed by atoms with E-state index in [9.17, 15) is 18.0 Å². The molecule has 38 heavy (non-hydrogen) atoms. The lowest BCUT2D eigenvalue weighted by Gasteiger charge is -2.32. The number of carbonyl (C=O) groups excluding carboxylic acids is 2. The molecule has 3 aromatic carbocycles. The predicted octanol–water partition coefficient (Wildman–Crippen LogP) is 5.36. The van der Waals surface area contributed by atoms with E-state index in [0.29, 0.717) is 6.54 Å². The van der Waals surface area contributed by atoms with E-state index >= 15 is 0 Å². The Balaban J connectivity index is 2.09. The number of hydrogen-bond acceptors (Lipinski definition) is 4. The lowest BCUT2D eigenvalue weighted by atomic mass is 10.1. The number of carbonyl (C=O) groups is 2. The molecule has 0 fully saturated rings. The quantitative estimate of drug-likeness (QED) is 0.352. The first-order valence-corrected chi connectivity index (χ1v) is 14.3. The van der Waals surface area contributed by atoms with Crippen LogP contribution in [0.15, 0.2) is 71.6 Å². The van der Waals surface area contributed by atoms with Gasteiger partial charge < -0.3 is 10.2 Å². The van der Waals surface area contributed by atoms with Crippen LogP contribution in [0.4, 0.5) is 5.69 Å². The van der Waals surface area contributed by atoms with Gasteiger partial charge in [0.2, 0.25) is 11.8 Å². The molecule has 202 valence electrons. The topological polar surface area (TPSA) is 86.8 Å². The summed E-state index contributed by atoms with van der Waals surface area (Å²) in [6.45, 7) is 7.08. The largest absolute Gasteiger partial charge is 0.355 e. The molecule has 0 aliphatic rings. The van der Waals surface area contributed by atoms with Crippen LogP contribution in [0.1, 0.15) is 30.5 Å². The monoisotopic (exact) mass is 575 g/mol. The van der Waals surface area contributed by atoms with Crippen molar-refractivity contribution < 1.29 is 18.0 Å². The van der Waals surface area contributed by atoms with Crippen LogP contribution in [-0.4, -0.2) is 44.3 Å². The second-order valence-corrected chi connectivity index (χ2v) is 11.6. The number of amides is 2. The van der Waals surface area contributed by atoms with Gasteiger partial charge in [0, 0.05) is 13.1 Å². The van der Waals surface area contributed by atoms with E-state index in [1.807, 2.05) is 38.1 Å². The first-order chi connectivity index (χ1) is 18.0. The van der Waals surface area contributed by atoms with Gasteiger partial charge in [0.05, 0.1) is 20.6 Å². The molecular formula is C28H31Cl2N3O4S. The Labute approximate surface area is 234 Å². The van der Waals surface area contributed by atoms with E-state index in [2.05, 4.69) is 5.32 Å². The summed E-state index contributed by atoms with van der Waals surface area (Å²) in [5, 5.41) is 2.89. The molecule has 0 spiro atoms. The molecule has 7 nitrogen and oxygen atoms in total. The lowest BCUT2D eigenvalue weighted by Crippen LogP contribution is -2.51. The van der Waals surface area contributed by atoms with Crippen molar-refractivity contribution >= 4 is 50.7 Å². The maximum atomic E-state index is 13.9. The second-order valence-electron chi connectivity index (χ2n) is 8.92. The second kappa shape index (κ2) is 12.7. The molecule has 3 aromatic rings. The van der Waals surface area contributed by atoms with Gasteiger partial charge in [0.25, 0.3) is 10.0 Å². The number of nitrogens with one attached hydrogen (secondary N) is 1. The van der Waals surface area contributed by atoms with Crippen LogP contribution in [0.2, 0.25) is 10.0 Å². The minimum absolute atomic E-state index is 0.000110. The Kier molecular flexibility index (Phi) is 9.82. The molecule has 0 saturated heterocycles. The molecule has 0 heterocycles. The molecular weight excluding hydrogens is 545 g/mol. The number of nitrogens with zero attached hydrogens (tertiary/aromatic N) is 2. The Morgan fingerprint density at radius 3 is 2.24 bits per heavy atom.